The number of aromatic nitrogens is 4. The number of carbonyl (C=O) groups is 1. The van der Waals surface area contributed by atoms with Gasteiger partial charge in [0.15, 0.2) is 0 Å². The Morgan fingerprint density at radius 2 is 2.24 bits per heavy atom. The fraction of sp³-hybridized carbons (Fsp3) is 0.111. The van der Waals surface area contributed by atoms with Gasteiger partial charge in [-0.25, -0.2) is 14.8 Å². The summed E-state index contributed by atoms with van der Waals surface area (Å²) in [6.45, 7) is 1.72. The van der Waals surface area contributed by atoms with E-state index in [1.807, 2.05) is 0 Å². The first-order valence-corrected chi connectivity index (χ1v) is 5.02. The number of H-pyrrole nitrogens is 2. The van der Waals surface area contributed by atoms with Gasteiger partial charge in [-0.2, -0.15) is 0 Å². The number of nitrogens with zero attached hydrogens (tertiary/aromatic N) is 2. The number of rotatable bonds is 2. The highest BCUT2D eigenvalue weighted by Crippen LogP contribution is 2.09. The minimum Gasteiger partial charge on any atom is -0.312 e. The van der Waals surface area contributed by atoms with E-state index in [1.54, 1.807) is 13.0 Å². The Bertz CT molecular complexity index is 598. The lowest BCUT2D eigenvalue weighted by Crippen LogP contribution is -2.16. The van der Waals surface area contributed by atoms with Gasteiger partial charge in [0.05, 0.1) is 0 Å². The molecular weight excluding hydrogens is 246 g/mol. The smallest absolute Gasteiger partial charge is 0.312 e. The number of carbonyl (C=O) groups excluding carboxylic acids is 1. The molecule has 0 fully saturated rings. The van der Waals surface area contributed by atoms with Crippen LogP contribution in [0.1, 0.15) is 16.2 Å². The van der Waals surface area contributed by atoms with E-state index >= 15 is 0 Å². The molecule has 0 aliphatic heterocycles. The SMILES string of the molecule is Cc1cc(Cl)nc(NC(=O)c2c[nH]c(=O)[nH]2)n1. The van der Waals surface area contributed by atoms with E-state index in [9.17, 15) is 9.59 Å². The fourth-order valence-corrected chi connectivity index (χ4v) is 1.45. The van der Waals surface area contributed by atoms with Gasteiger partial charge in [-0.05, 0) is 13.0 Å². The first-order chi connectivity index (χ1) is 8.04. The van der Waals surface area contributed by atoms with Gasteiger partial charge >= 0.3 is 5.69 Å². The molecule has 0 aliphatic carbocycles. The number of nitrogens with one attached hydrogen (secondary N) is 3. The van der Waals surface area contributed by atoms with Crippen LogP contribution in [0.5, 0.6) is 0 Å². The van der Waals surface area contributed by atoms with Gasteiger partial charge < -0.3 is 9.97 Å². The normalized spacial score (nSPS) is 10.2. The molecule has 0 saturated heterocycles. The highest BCUT2D eigenvalue weighted by Gasteiger charge is 2.10. The molecule has 0 atom stereocenters. The van der Waals surface area contributed by atoms with Gasteiger partial charge in [0.25, 0.3) is 5.91 Å². The van der Waals surface area contributed by atoms with Crippen LogP contribution in [0, 0.1) is 6.92 Å². The zero-order valence-electron chi connectivity index (χ0n) is 8.74. The van der Waals surface area contributed by atoms with Gasteiger partial charge in [0.2, 0.25) is 5.95 Å². The second kappa shape index (κ2) is 4.38. The molecule has 88 valence electrons. The van der Waals surface area contributed by atoms with Crippen molar-refractivity contribution in [1.29, 1.82) is 0 Å². The van der Waals surface area contributed by atoms with Crippen LogP contribution in [0.4, 0.5) is 5.95 Å². The van der Waals surface area contributed by atoms with E-state index in [0.29, 0.717) is 5.69 Å². The van der Waals surface area contributed by atoms with E-state index < -0.39 is 11.6 Å². The van der Waals surface area contributed by atoms with Gasteiger partial charge in [-0.15, -0.1) is 0 Å². The van der Waals surface area contributed by atoms with Gasteiger partial charge in [0, 0.05) is 11.9 Å². The zero-order chi connectivity index (χ0) is 12.4. The number of aromatic amines is 2. The molecule has 1 amide bonds. The van der Waals surface area contributed by atoms with Crippen molar-refractivity contribution in [3.05, 3.63) is 39.3 Å². The molecule has 0 radical (unpaired) electrons. The van der Waals surface area contributed by atoms with Crippen LogP contribution in [0.2, 0.25) is 5.15 Å². The van der Waals surface area contributed by atoms with Crippen molar-refractivity contribution in [1.82, 2.24) is 19.9 Å². The molecule has 8 heteroatoms. The average Bonchev–Trinajstić information content (AvgIpc) is 2.63. The van der Waals surface area contributed by atoms with Gasteiger partial charge in [-0.1, -0.05) is 11.6 Å². The first-order valence-electron chi connectivity index (χ1n) is 4.65. The highest BCUT2D eigenvalue weighted by atomic mass is 35.5. The molecule has 2 heterocycles. The second-order valence-electron chi connectivity index (χ2n) is 3.27. The van der Waals surface area contributed by atoms with Crippen molar-refractivity contribution in [2.24, 2.45) is 0 Å². The third-order valence-corrected chi connectivity index (χ3v) is 2.08. The summed E-state index contributed by atoms with van der Waals surface area (Å²) in [4.78, 5) is 34.9. The van der Waals surface area contributed by atoms with E-state index in [4.69, 9.17) is 11.6 Å². The van der Waals surface area contributed by atoms with Crippen molar-refractivity contribution in [2.45, 2.75) is 6.92 Å². The number of hydrogen-bond acceptors (Lipinski definition) is 4. The number of aryl methyl sites for hydroxylation is 1. The monoisotopic (exact) mass is 253 g/mol. The molecule has 3 N–H and O–H groups in total. The Labute approximate surface area is 100 Å². The van der Waals surface area contributed by atoms with E-state index in [2.05, 4.69) is 25.3 Å². The lowest BCUT2D eigenvalue weighted by molar-refractivity contribution is 0.102. The number of halogens is 1. The Morgan fingerprint density at radius 1 is 1.47 bits per heavy atom. The van der Waals surface area contributed by atoms with Crippen LogP contribution in [0.25, 0.3) is 0 Å². The van der Waals surface area contributed by atoms with Crippen LogP contribution in [0.15, 0.2) is 17.1 Å². The molecule has 2 rings (SSSR count). The summed E-state index contributed by atoms with van der Waals surface area (Å²) < 4.78 is 0. The Kier molecular flexibility index (Phi) is 2.92. The maximum atomic E-state index is 11.6. The highest BCUT2D eigenvalue weighted by molar-refractivity contribution is 6.29. The molecule has 0 aromatic carbocycles. The van der Waals surface area contributed by atoms with E-state index in [-0.39, 0.29) is 16.8 Å². The largest absolute Gasteiger partial charge is 0.323 e. The Hall–Kier alpha value is -2.15. The van der Waals surface area contributed by atoms with Crippen molar-refractivity contribution in [3.63, 3.8) is 0 Å². The number of imidazole rings is 1. The molecule has 2 aromatic rings. The summed E-state index contributed by atoms with van der Waals surface area (Å²) in [5.41, 5.74) is 0.262. The summed E-state index contributed by atoms with van der Waals surface area (Å²) >= 11 is 5.72. The van der Waals surface area contributed by atoms with E-state index in [0.717, 1.165) is 0 Å². The Morgan fingerprint density at radius 3 is 2.82 bits per heavy atom. The van der Waals surface area contributed by atoms with Crippen molar-refractivity contribution < 1.29 is 4.79 Å². The third-order valence-electron chi connectivity index (χ3n) is 1.89. The average molecular weight is 254 g/mol. The molecule has 0 bridgehead atoms. The molecule has 0 saturated carbocycles. The Balaban J connectivity index is 2.21. The number of anilines is 1. The summed E-state index contributed by atoms with van der Waals surface area (Å²) in [5, 5.41) is 2.65. The lowest BCUT2D eigenvalue weighted by Gasteiger charge is -2.02. The molecule has 7 nitrogen and oxygen atoms in total. The second-order valence-corrected chi connectivity index (χ2v) is 3.65. The quantitative estimate of drug-likeness (QED) is 0.686. The van der Waals surface area contributed by atoms with Crippen LogP contribution in [-0.4, -0.2) is 25.8 Å². The van der Waals surface area contributed by atoms with Crippen molar-refractivity contribution in [2.75, 3.05) is 5.32 Å². The first kappa shape index (κ1) is 11.3. The molecule has 0 spiro atoms. The topological polar surface area (TPSA) is 104 Å². The molecular formula is C9H8ClN5O2. The lowest BCUT2D eigenvalue weighted by atomic mass is 10.4. The van der Waals surface area contributed by atoms with Crippen LogP contribution in [-0.2, 0) is 0 Å². The third kappa shape index (κ3) is 2.70. The van der Waals surface area contributed by atoms with Gasteiger partial charge in [-0.3, -0.25) is 10.1 Å². The van der Waals surface area contributed by atoms with Crippen molar-refractivity contribution in [3.8, 4) is 0 Å². The van der Waals surface area contributed by atoms with Crippen molar-refractivity contribution >= 4 is 23.5 Å². The summed E-state index contributed by atoms with van der Waals surface area (Å²) in [5.74, 6) is -0.438. The predicted octanol–water partition coefficient (Wildman–Crippen LogP) is 0.707. The number of hydrogen-bond donors (Lipinski definition) is 3. The molecule has 17 heavy (non-hydrogen) atoms. The maximum Gasteiger partial charge on any atom is 0.323 e. The number of amides is 1. The van der Waals surface area contributed by atoms with E-state index in [1.165, 1.54) is 6.20 Å². The van der Waals surface area contributed by atoms with Crippen LogP contribution in [0.3, 0.4) is 0 Å². The van der Waals surface area contributed by atoms with Crippen LogP contribution < -0.4 is 11.0 Å². The summed E-state index contributed by atoms with van der Waals surface area (Å²) in [7, 11) is 0. The molecule has 0 unspecified atom stereocenters. The fourth-order valence-electron chi connectivity index (χ4n) is 1.21. The maximum absolute atomic E-state index is 11.6. The standard InChI is InChI=1S/C9H8ClN5O2/c1-4-2-6(10)14-8(12-4)15-7(16)5-3-11-9(17)13-5/h2-3H,1H3,(H2,11,13,17)(H,12,14,15,16). The summed E-state index contributed by atoms with van der Waals surface area (Å²) in [6, 6.07) is 1.56. The molecule has 0 aliphatic rings. The predicted molar refractivity (Wildman–Crippen MR) is 61.1 cm³/mol. The zero-order valence-corrected chi connectivity index (χ0v) is 9.50. The molecule has 2 aromatic heterocycles. The minimum absolute atomic E-state index is 0.0852. The van der Waals surface area contributed by atoms with Gasteiger partial charge in [0.1, 0.15) is 10.8 Å². The summed E-state index contributed by atoms with van der Waals surface area (Å²) in [6.07, 6.45) is 1.26. The minimum atomic E-state index is -0.523. The van der Waals surface area contributed by atoms with Crippen LogP contribution >= 0.6 is 11.6 Å².